The van der Waals surface area contributed by atoms with E-state index in [-0.39, 0.29) is 37.5 Å². The van der Waals surface area contributed by atoms with Gasteiger partial charge in [-0.15, -0.1) is 0 Å². The van der Waals surface area contributed by atoms with Gasteiger partial charge in [-0.2, -0.15) is 0 Å². The van der Waals surface area contributed by atoms with E-state index in [9.17, 15) is 14.4 Å². The fraction of sp³-hybridized carbons (Fsp3) is 0.687. The Morgan fingerprint density at radius 3 is 0.890 bits per heavy atom. The predicted molar refractivity (Wildman–Crippen MR) is 316 cm³/mol. The van der Waals surface area contributed by atoms with E-state index in [2.05, 4.69) is 130 Å². The molecule has 0 aromatic carbocycles. The molecule has 0 aliphatic heterocycles. The number of carbonyl (C=O) groups excluding carboxylic acids is 3. The van der Waals surface area contributed by atoms with Gasteiger partial charge in [-0.3, -0.25) is 14.4 Å². The number of unbranched alkanes of at least 4 members (excludes halogenated alkanes) is 25. The highest BCUT2D eigenvalue weighted by atomic mass is 16.6. The summed E-state index contributed by atoms with van der Waals surface area (Å²) in [5, 5.41) is 0. The largest absolute Gasteiger partial charge is 0.462 e. The molecule has 0 aliphatic rings. The molecule has 0 aromatic rings. The average Bonchev–Trinajstić information content (AvgIpc) is 3.39. The van der Waals surface area contributed by atoms with Crippen LogP contribution >= 0.6 is 0 Å². The molecule has 0 spiro atoms. The molecule has 0 saturated heterocycles. The van der Waals surface area contributed by atoms with Crippen molar-refractivity contribution in [2.75, 3.05) is 13.2 Å². The number of allylic oxidation sites excluding steroid dienone is 18. The summed E-state index contributed by atoms with van der Waals surface area (Å²) in [6, 6.07) is 0. The molecule has 0 N–H and O–H groups in total. The Bertz CT molecular complexity index is 1490. The Labute approximate surface area is 450 Å². The Kier molecular flexibility index (Phi) is 57.4. The fourth-order valence-electron chi connectivity index (χ4n) is 8.23. The number of ether oxygens (including phenoxy) is 3. The van der Waals surface area contributed by atoms with E-state index >= 15 is 0 Å². The Hall–Kier alpha value is -3.93. The third kappa shape index (κ3) is 58.8. The lowest BCUT2D eigenvalue weighted by molar-refractivity contribution is -0.167. The fourth-order valence-corrected chi connectivity index (χ4v) is 8.23. The van der Waals surface area contributed by atoms with E-state index in [0.29, 0.717) is 19.3 Å². The summed E-state index contributed by atoms with van der Waals surface area (Å²) < 4.78 is 16.8. The van der Waals surface area contributed by atoms with Gasteiger partial charge in [-0.1, -0.05) is 265 Å². The van der Waals surface area contributed by atoms with E-state index in [4.69, 9.17) is 14.2 Å². The van der Waals surface area contributed by atoms with Crippen LogP contribution in [0.1, 0.15) is 278 Å². The Morgan fingerprint density at radius 2 is 0.548 bits per heavy atom. The smallest absolute Gasteiger partial charge is 0.306 e. The van der Waals surface area contributed by atoms with Crippen molar-refractivity contribution in [1.82, 2.24) is 0 Å². The van der Waals surface area contributed by atoms with Crippen LogP contribution in [0.15, 0.2) is 109 Å². The van der Waals surface area contributed by atoms with Crippen LogP contribution in [0, 0.1) is 0 Å². The van der Waals surface area contributed by atoms with Gasteiger partial charge >= 0.3 is 17.9 Å². The third-order valence-corrected chi connectivity index (χ3v) is 12.8. The van der Waals surface area contributed by atoms with Crippen LogP contribution in [-0.4, -0.2) is 37.2 Å². The maximum absolute atomic E-state index is 12.9. The van der Waals surface area contributed by atoms with Crippen LogP contribution in [-0.2, 0) is 28.6 Å². The van der Waals surface area contributed by atoms with Crippen LogP contribution in [0.25, 0.3) is 0 Å². The minimum Gasteiger partial charge on any atom is -0.462 e. The van der Waals surface area contributed by atoms with Crippen LogP contribution in [0.4, 0.5) is 0 Å². The van der Waals surface area contributed by atoms with Gasteiger partial charge in [0.15, 0.2) is 6.10 Å². The average molecular weight is 1010 g/mol. The number of hydrogen-bond acceptors (Lipinski definition) is 6. The minimum atomic E-state index is -0.804. The maximum Gasteiger partial charge on any atom is 0.306 e. The van der Waals surface area contributed by atoms with Crippen molar-refractivity contribution in [3.8, 4) is 0 Å². The van der Waals surface area contributed by atoms with E-state index in [0.717, 1.165) is 96.3 Å². The Balaban J connectivity index is 4.43. The predicted octanol–water partition coefficient (Wildman–Crippen LogP) is 20.7. The standard InChI is InChI=1S/C67H112O6/c1-4-7-10-13-16-19-22-24-26-28-30-32-33-35-36-38-40-42-45-48-51-54-57-60-66(69)72-63-64(62-71-65(68)59-56-53-50-47-44-21-18-15-12-9-6-3)73-67(70)61-58-55-52-49-46-43-41-39-37-34-31-29-27-25-23-20-17-14-11-8-5-2/h7,10,16,19,23-26,29-32,35-36,40,42,48,51,64H,4-6,8-9,11-15,17-18,20-22,27-28,33-34,37-39,41,43-47,49-50,52-63H2,1-3H3/b10-7-,19-16-,25-23-,26-24-,31-29-,32-30-,36-35-,42-40-,51-48-. The monoisotopic (exact) mass is 1010 g/mol. The molecule has 0 bridgehead atoms. The molecule has 0 saturated carbocycles. The molecular weight excluding hydrogens is 901 g/mol. The highest BCUT2D eigenvalue weighted by molar-refractivity contribution is 5.71. The third-order valence-electron chi connectivity index (χ3n) is 12.8. The van der Waals surface area contributed by atoms with Crippen LogP contribution in [0.2, 0.25) is 0 Å². The molecule has 416 valence electrons. The first-order valence-corrected chi connectivity index (χ1v) is 30.4. The zero-order chi connectivity index (χ0) is 52.9. The molecular formula is C67H112O6. The zero-order valence-corrected chi connectivity index (χ0v) is 47.6. The molecule has 1 unspecified atom stereocenters. The van der Waals surface area contributed by atoms with Crippen molar-refractivity contribution in [3.05, 3.63) is 109 Å². The summed E-state index contributed by atoms with van der Waals surface area (Å²) in [7, 11) is 0. The normalized spacial score (nSPS) is 12.9. The molecule has 6 nitrogen and oxygen atoms in total. The summed E-state index contributed by atoms with van der Waals surface area (Å²) in [4.78, 5) is 38.2. The quantitative estimate of drug-likeness (QED) is 0.0261. The molecule has 0 aliphatic carbocycles. The van der Waals surface area contributed by atoms with E-state index in [1.54, 1.807) is 0 Å². The lowest BCUT2D eigenvalue weighted by Gasteiger charge is -2.18. The molecule has 0 aromatic heterocycles. The van der Waals surface area contributed by atoms with Crippen molar-refractivity contribution in [2.45, 2.75) is 284 Å². The molecule has 1 atom stereocenters. The summed E-state index contributed by atoms with van der Waals surface area (Å²) in [5.41, 5.74) is 0. The lowest BCUT2D eigenvalue weighted by atomic mass is 10.1. The number of carbonyl (C=O) groups is 3. The van der Waals surface area contributed by atoms with Crippen molar-refractivity contribution in [3.63, 3.8) is 0 Å². The van der Waals surface area contributed by atoms with Crippen molar-refractivity contribution in [2.24, 2.45) is 0 Å². The topological polar surface area (TPSA) is 78.9 Å². The van der Waals surface area contributed by atoms with Gasteiger partial charge in [-0.25, -0.2) is 0 Å². The van der Waals surface area contributed by atoms with Gasteiger partial charge in [0, 0.05) is 19.3 Å². The molecule has 73 heavy (non-hydrogen) atoms. The molecule has 0 fully saturated rings. The van der Waals surface area contributed by atoms with Gasteiger partial charge in [0.05, 0.1) is 0 Å². The van der Waals surface area contributed by atoms with Crippen LogP contribution in [0.3, 0.4) is 0 Å². The molecule has 0 rings (SSSR count). The SMILES string of the molecule is CC/C=C\C/C=C\C/C=C\C/C=C\C/C=C\C/C=C\C/C=C\CCCC(=O)OCC(COC(=O)CCCCCCCCCCCCC)OC(=O)CCCCCCCCCCC/C=C\C/C=C\CCCCCCC. The summed E-state index contributed by atoms with van der Waals surface area (Å²) in [6.45, 7) is 6.47. The lowest BCUT2D eigenvalue weighted by Crippen LogP contribution is -2.30. The summed E-state index contributed by atoms with van der Waals surface area (Å²) >= 11 is 0. The number of esters is 3. The van der Waals surface area contributed by atoms with Crippen molar-refractivity contribution >= 4 is 17.9 Å². The van der Waals surface area contributed by atoms with Crippen molar-refractivity contribution in [1.29, 1.82) is 0 Å². The van der Waals surface area contributed by atoms with E-state index in [1.807, 2.05) is 0 Å². The summed E-state index contributed by atoms with van der Waals surface area (Å²) in [5.74, 6) is -0.960. The van der Waals surface area contributed by atoms with Gasteiger partial charge in [0.25, 0.3) is 0 Å². The summed E-state index contributed by atoms with van der Waals surface area (Å²) in [6.07, 6.45) is 82.3. The molecule has 0 radical (unpaired) electrons. The van der Waals surface area contributed by atoms with E-state index in [1.165, 1.54) is 135 Å². The first-order chi connectivity index (χ1) is 36.0. The highest BCUT2D eigenvalue weighted by Gasteiger charge is 2.19. The second kappa shape index (κ2) is 60.6. The van der Waals surface area contributed by atoms with Gasteiger partial charge < -0.3 is 14.2 Å². The van der Waals surface area contributed by atoms with Gasteiger partial charge in [0.2, 0.25) is 0 Å². The second-order valence-corrected chi connectivity index (χ2v) is 19.9. The van der Waals surface area contributed by atoms with Crippen LogP contribution < -0.4 is 0 Å². The first kappa shape index (κ1) is 69.1. The number of hydrogen-bond donors (Lipinski definition) is 0. The molecule has 0 heterocycles. The van der Waals surface area contributed by atoms with Gasteiger partial charge in [0.1, 0.15) is 13.2 Å². The first-order valence-electron chi connectivity index (χ1n) is 30.4. The Morgan fingerprint density at radius 1 is 0.288 bits per heavy atom. The van der Waals surface area contributed by atoms with E-state index < -0.39 is 6.10 Å². The minimum absolute atomic E-state index is 0.0971. The maximum atomic E-state index is 12.9. The van der Waals surface area contributed by atoms with Gasteiger partial charge in [-0.05, 0) is 103 Å². The molecule has 0 amide bonds. The zero-order valence-electron chi connectivity index (χ0n) is 47.6. The highest BCUT2D eigenvalue weighted by Crippen LogP contribution is 2.15. The number of rotatable bonds is 54. The van der Waals surface area contributed by atoms with Crippen molar-refractivity contribution < 1.29 is 28.6 Å². The van der Waals surface area contributed by atoms with Crippen LogP contribution in [0.5, 0.6) is 0 Å². The molecule has 6 heteroatoms. The second-order valence-electron chi connectivity index (χ2n) is 19.9.